The molecule has 0 aromatic heterocycles. The maximum atomic E-state index is 13.7. The first-order valence-electron chi connectivity index (χ1n) is 6.32. The van der Waals surface area contributed by atoms with Gasteiger partial charge in [0, 0.05) is 10.5 Å². The summed E-state index contributed by atoms with van der Waals surface area (Å²) in [7, 11) is 0. The highest BCUT2D eigenvalue weighted by Crippen LogP contribution is 2.18. The summed E-state index contributed by atoms with van der Waals surface area (Å²) in [6, 6.07) is 13.5. The Bertz CT molecular complexity index is 551. The van der Waals surface area contributed by atoms with Crippen LogP contribution < -0.4 is 5.32 Å². The van der Waals surface area contributed by atoms with Crippen LogP contribution in [0.4, 0.5) is 10.1 Å². The van der Waals surface area contributed by atoms with E-state index < -0.39 is 0 Å². The fraction of sp³-hybridized carbons (Fsp3) is 0.250. The lowest BCUT2D eigenvalue weighted by atomic mass is 10.1. The molecule has 0 bridgehead atoms. The van der Waals surface area contributed by atoms with Gasteiger partial charge in [-0.25, -0.2) is 4.39 Å². The second kappa shape index (κ2) is 6.20. The maximum Gasteiger partial charge on any atom is 0.146 e. The van der Waals surface area contributed by atoms with E-state index in [2.05, 4.69) is 40.3 Å². The second-order valence-corrected chi connectivity index (χ2v) is 5.77. The van der Waals surface area contributed by atoms with Gasteiger partial charge in [0.05, 0.1) is 5.69 Å². The molecule has 100 valence electrons. The first kappa shape index (κ1) is 14.1. The van der Waals surface area contributed by atoms with E-state index >= 15 is 0 Å². The molecule has 2 rings (SSSR count). The highest BCUT2D eigenvalue weighted by Gasteiger charge is 2.07. The van der Waals surface area contributed by atoms with Crippen LogP contribution in [0.2, 0.25) is 0 Å². The molecule has 1 unspecified atom stereocenters. The van der Waals surface area contributed by atoms with E-state index in [4.69, 9.17) is 0 Å². The summed E-state index contributed by atoms with van der Waals surface area (Å²) in [4.78, 5) is 0. The van der Waals surface area contributed by atoms with Crippen LogP contribution >= 0.6 is 15.9 Å². The van der Waals surface area contributed by atoms with Crippen LogP contribution in [0.25, 0.3) is 0 Å². The molecule has 2 aromatic carbocycles. The number of hydrogen-bond donors (Lipinski definition) is 1. The molecule has 0 spiro atoms. The Hall–Kier alpha value is -1.35. The third kappa shape index (κ3) is 4.06. The van der Waals surface area contributed by atoms with Gasteiger partial charge in [-0.05, 0) is 55.7 Å². The highest BCUT2D eigenvalue weighted by molar-refractivity contribution is 9.10. The van der Waals surface area contributed by atoms with Gasteiger partial charge in [-0.1, -0.05) is 34.1 Å². The first-order valence-corrected chi connectivity index (χ1v) is 7.11. The molecule has 1 N–H and O–H groups in total. The Morgan fingerprint density at radius 3 is 2.53 bits per heavy atom. The van der Waals surface area contributed by atoms with Gasteiger partial charge in [-0.2, -0.15) is 0 Å². The van der Waals surface area contributed by atoms with Gasteiger partial charge in [0.1, 0.15) is 5.82 Å². The Labute approximate surface area is 122 Å². The molecular weight excluding hydrogens is 305 g/mol. The summed E-state index contributed by atoms with van der Waals surface area (Å²) in [5, 5.41) is 3.23. The van der Waals surface area contributed by atoms with Crippen molar-refractivity contribution in [2.75, 3.05) is 5.32 Å². The number of halogens is 2. The fourth-order valence-corrected chi connectivity index (χ4v) is 2.30. The van der Waals surface area contributed by atoms with E-state index in [-0.39, 0.29) is 11.9 Å². The van der Waals surface area contributed by atoms with Crippen molar-refractivity contribution in [3.8, 4) is 0 Å². The molecule has 1 atom stereocenters. The standard InChI is InChI=1S/C16H17BrFN/c1-11-3-8-15(18)16(9-11)19-12(2)10-13-4-6-14(17)7-5-13/h3-9,12,19H,10H2,1-2H3. The third-order valence-corrected chi connectivity index (χ3v) is 3.51. The zero-order chi connectivity index (χ0) is 13.8. The zero-order valence-electron chi connectivity index (χ0n) is 11.1. The van der Waals surface area contributed by atoms with Crippen LogP contribution in [0.5, 0.6) is 0 Å². The lowest BCUT2D eigenvalue weighted by Crippen LogP contribution is -2.18. The van der Waals surface area contributed by atoms with E-state index in [0.717, 1.165) is 16.5 Å². The van der Waals surface area contributed by atoms with Crippen LogP contribution in [0.15, 0.2) is 46.9 Å². The summed E-state index contributed by atoms with van der Waals surface area (Å²) in [5.41, 5.74) is 2.86. The van der Waals surface area contributed by atoms with Crippen LogP contribution in [0, 0.1) is 12.7 Å². The SMILES string of the molecule is Cc1ccc(F)c(NC(C)Cc2ccc(Br)cc2)c1. The average Bonchev–Trinajstić information content (AvgIpc) is 2.37. The van der Waals surface area contributed by atoms with Crippen LogP contribution in [0.1, 0.15) is 18.1 Å². The van der Waals surface area contributed by atoms with Gasteiger partial charge in [0.15, 0.2) is 0 Å². The molecule has 3 heteroatoms. The van der Waals surface area contributed by atoms with E-state index in [0.29, 0.717) is 5.69 Å². The Balaban J connectivity index is 2.02. The van der Waals surface area contributed by atoms with Crippen LogP contribution in [-0.2, 0) is 6.42 Å². The number of rotatable bonds is 4. The quantitative estimate of drug-likeness (QED) is 0.841. The summed E-state index contributed by atoms with van der Waals surface area (Å²) in [5.74, 6) is -0.201. The Morgan fingerprint density at radius 1 is 1.16 bits per heavy atom. The number of aryl methyl sites for hydroxylation is 1. The topological polar surface area (TPSA) is 12.0 Å². The van der Waals surface area contributed by atoms with Crippen LogP contribution in [-0.4, -0.2) is 6.04 Å². The molecule has 0 aliphatic rings. The molecule has 0 aliphatic heterocycles. The van der Waals surface area contributed by atoms with Crippen LogP contribution in [0.3, 0.4) is 0 Å². The predicted molar refractivity (Wildman–Crippen MR) is 82.1 cm³/mol. The van der Waals surface area contributed by atoms with Gasteiger partial charge in [-0.15, -0.1) is 0 Å². The van der Waals surface area contributed by atoms with Crippen molar-refractivity contribution in [1.82, 2.24) is 0 Å². The van der Waals surface area contributed by atoms with Gasteiger partial charge >= 0.3 is 0 Å². The van der Waals surface area contributed by atoms with Crippen molar-refractivity contribution in [3.05, 3.63) is 63.9 Å². The average molecular weight is 322 g/mol. The molecule has 0 saturated heterocycles. The molecule has 0 saturated carbocycles. The third-order valence-electron chi connectivity index (χ3n) is 2.98. The number of nitrogens with one attached hydrogen (secondary N) is 1. The Morgan fingerprint density at radius 2 is 1.84 bits per heavy atom. The summed E-state index contributed by atoms with van der Waals surface area (Å²) < 4.78 is 14.7. The van der Waals surface area contributed by atoms with Gasteiger partial charge in [-0.3, -0.25) is 0 Å². The van der Waals surface area contributed by atoms with E-state index in [9.17, 15) is 4.39 Å². The minimum Gasteiger partial charge on any atom is -0.380 e. The van der Waals surface area contributed by atoms with Crippen molar-refractivity contribution in [3.63, 3.8) is 0 Å². The number of benzene rings is 2. The Kier molecular flexibility index (Phi) is 4.59. The minimum atomic E-state index is -0.201. The monoisotopic (exact) mass is 321 g/mol. The number of hydrogen-bond acceptors (Lipinski definition) is 1. The predicted octanol–water partition coefficient (Wildman–Crippen LogP) is 4.94. The van der Waals surface area contributed by atoms with Crippen molar-refractivity contribution in [1.29, 1.82) is 0 Å². The summed E-state index contributed by atoms with van der Waals surface area (Å²) in [6.45, 7) is 4.02. The van der Waals surface area contributed by atoms with Gasteiger partial charge in [0.2, 0.25) is 0 Å². The largest absolute Gasteiger partial charge is 0.380 e. The van der Waals surface area contributed by atoms with E-state index in [1.165, 1.54) is 11.6 Å². The molecule has 0 fully saturated rings. The normalized spacial score (nSPS) is 12.2. The zero-order valence-corrected chi connectivity index (χ0v) is 12.7. The first-order chi connectivity index (χ1) is 9.04. The molecule has 0 amide bonds. The minimum absolute atomic E-state index is 0.178. The fourth-order valence-electron chi connectivity index (χ4n) is 2.04. The maximum absolute atomic E-state index is 13.7. The van der Waals surface area contributed by atoms with Crippen molar-refractivity contribution < 1.29 is 4.39 Å². The second-order valence-electron chi connectivity index (χ2n) is 4.86. The lowest BCUT2D eigenvalue weighted by Gasteiger charge is -2.16. The summed E-state index contributed by atoms with van der Waals surface area (Å²) >= 11 is 3.42. The lowest BCUT2D eigenvalue weighted by molar-refractivity contribution is 0.625. The van der Waals surface area contributed by atoms with Crippen molar-refractivity contribution >= 4 is 21.6 Å². The molecule has 19 heavy (non-hydrogen) atoms. The molecule has 2 aromatic rings. The van der Waals surface area contributed by atoms with Gasteiger partial charge in [0.25, 0.3) is 0 Å². The summed E-state index contributed by atoms with van der Waals surface area (Å²) in [6.07, 6.45) is 0.862. The number of anilines is 1. The smallest absolute Gasteiger partial charge is 0.146 e. The van der Waals surface area contributed by atoms with E-state index in [1.807, 2.05) is 25.1 Å². The van der Waals surface area contributed by atoms with Crippen molar-refractivity contribution in [2.45, 2.75) is 26.3 Å². The highest BCUT2D eigenvalue weighted by atomic mass is 79.9. The van der Waals surface area contributed by atoms with E-state index in [1.54, 1.807) is 6.07 Å². The van der Waals surface area contributed by atoms with Gasteiger partial charge < -0.3 is 5.32 Å². The molecule has 0 aliphatic carbocycles. The molecule has 0 heterocycles. The molecule has 1 nitrogen and oxygen atoms in total. The molecule has 0 radical (unpaired) electrons. The van der Waals surface area contributed by atoms with Crippen molar-refractivity contribution in [2.24, 2.45) is 0 Å². The molecular formula is C16H17BrFN.